The molecule has 2 aromatic rings. The maximum Gasteiger partial charge on any atom is 0.123 e. The SMILES string of the molecule is NC(c1ccc(-c2cccc(F)c2)s1)C1CC1. The molecule has 1 atom stereocenters. The van der Waals surface area contributed by atoms with Gasteiger partial charge in [-0.25, -0.2) is 4.39 Å². The molecule has 0 saturated heterocycles. The van der Waals surface area contributed by atoms with E-state index in [0.29, 0.717) is 5.92 Å². The molecule has 0 radical (unpaired) electrons. The molecule has 17 heavy (non-hydrogen) atoms. The largest absolute Gasteiger partial charge is 0.323 e. The van der Waals surface area contributed by atoms with E-state index in [9.17, 15) is 4.39 Å². The first kappa shape index (κ1) is 10.9. The first-order valence-corrected chi connectivity index (χ1v) is 6.67. The molecule has 0 aliphatic heterocycles. The van der Waals surface area contributed by atoms with Crippen molar-refractivity contribution in [1.82, 2.24) is 0 Å². The maximum absolute atomic E-state index is 13.1. The van der Waals surface area contributed by atoms with Crippen LogP contribution in [0.25, 0.3) is 10.4 Å². The molecule has 1 saturated carbocycles. The van der Waals surface area contributed by atoms with Crippen LogP contribution in [0.2, 0.25) is 0 Å². The lowest BCUT2D eigenvalue weighted by Gasteiger charge is -2.06. The molecule has 1 aromatic heterocycles. The van der Waals surface area contributed by atoms with E-state index in [-0.39, 0.29) is 11.9 Å². The van der Waals surface area contributed by atoms with Gasteiger partial charge in [-0.05, 0) is 48.6 Å². The normalized spacial score (nSPS) is 17.1. The molecule has 1 heterocycles. The smallest absolute Gasteiger partial charge is 0.123 e. The molecule has 88 valence electrons. The second kappa shape index (κ2) is 4.24. The van der Waals surface area contributed by atoms with Crippen LogP contribution in [0.3, 0.4) is 0 Å². The Morgan fingerprint density at radius 1 is 1.24 bits per heavy atom. The van der Waals surface area contributed by atoms with Gasteiger partial charge < -0.3 is 5.73 Å². The van der Waals surface area contributed by atoms with Crippen LogP contribution >= 0.6 is 11.3 Å². The van der Waals surface area contributed by atoms with Crippen LogP contribution in [0.1, 0.15) is 23.8 Å². The number of benzene rings is 1. The van der Waals surface area contributed by atoms with Gasteiger partial charge in [-0.1, -0.05) is 12.1 Å². The van der Waals surface area contributed by atoms with Crippen molar-refractivity contribution in [3.63, 3.8) is 0 Å². The predicted molar refractivity (Wildman–Crippen MR) is 69.4 cm³/mol. The Kier molecular flexibility index (Phi) is 2.73. The van der Waals surface area contributed by atoms with Gasteiger partial charge >= 0.3 is 0 Å². The third-order valence-electron chi connectivity index (χ3n) is 3.19. The minimum absolute atomic E-state index is 0.169. The number of hydrogen-bond acceptors (Lipinski definition) is 2. The van der Waals surface area contributed by atoms with Crippen LogP contribution in [-0.4, -0.2) is 0 Å². The molecular formula is C14H14FNS. The summed E-state index contributed by atoms with van der Waals surface area (Å²) in [5, 5.41) is 0. The van der Waals surface area contributed by atoms with Gasteiger partial charge in [0, 0.05) is 15.8 Å². The van der Waals surface area contributed by atoms with Crippen molar-refractivity contribution in [2.45, 2.75) is 18.9 Å². The molecular weight excluding hydrogens is 233 g/mol. The van der Waals surface area contributed by atoms with E-state index < -0.39 is 0 Å². The van der Waals surface area contributed by atoms with Gasteiger partial charge in [0.2, 0.25) is 0 Å². The molecule has 1 fully saturated rings. The van der Waals surface area contributed by atoms with Crippen molar-refractivity contribution in [2.75, 3.05) is 0 Å². The Balaban J connectivity index is 1.89. The molecule has 1 unspecified atom stereocenters. The molecule has 1 aliphatic carbocycles. The highest BCUT2D eigenvalue weighted by atomic mass is 32.1. The maximum atomic E-state index is 13.1. The first-order valence-electron chi connectivity index (χ1n) is 5.85. The summed E-state index contributed by atoms with van der Waals surface area (Å²) in [5.41, 5.74) is 7.09. The fourth-order valence-corrected chi connectivity index (χ4v) is 3.12. The monoisotopic (exact) mass is 247 g/mol. The zero-order valence-electron chi connectivity index (χ0n) is 9.40. The summed E-state index contributed by atoms with van der Waals surface area (Å²) in [6.45, 7) is 0. The molecule has 1 nitrogen and oxygen atoms in total. The number of thiophene rings is 1. The molecule has 1 aliphatic rings. The van der Waals surface area contributed by atoms with Gasteiger partial charge in [-0.15, -0.1) is 11.3 Å². The quantitative estimate of drug-likeness (QED) is 0.872. The number of hydrogen-bond donors (Lipinski definition) is 1. The van der Waals surface area contributed by atoms with E-state index in [0.717, 1.165) is 10.4 Å². The minimum atomic E-state index is -0.191. The average Bonchev–Trinajstić information content (AvgIpc) is 3.05. The fourth-order valence-electron chi connectivity index (χ4n) is 2.02. The van der Waals surface area contributed by atoms with Gasteiger partial charge in [0.05, 0.1) is 0 Å². The standard InChI is InChI=1S/C14H14FNS/c15-11-3-1-2-10(8-11)12-6-7-13(17-12)14(16)9-4-5-9/h1-3,6-9,14H,4-5,16H2. The highest BCUT2D eigenvalue weighted by molar-refractivity contribution is 7.15. The lowest BCUT2D eigenvalue weighted by Crippen LogP contribution is -2.10. The average molecular weight is 247 g/mol. The number of nitrogens with two attached hydrogens (primary N) is 1. The molecule has 0 amide bonds. The van der Waals surface area contributed by atoms with Crippen molar-refractivity contribution in [3.05, 3.63) is 47.1 Å². The van der Waals surface area contributed by atoms with Crippen LogP contribution in [0.4, 0.5) is 4.39 Å². The van der Waals surface area contributed by atoms with E-state index >= 15 is 0 Å². The Morgan fingerprint density at radius 2 is 2.06 bits per heavy atom. The summed E-state index contributed by atoms with van der Waals surface area (Å²) >= 11 is 1.68. The molecule has 2 N–H and O–H groups in total. The van der Waals surface area contributed by atoms with Crippen LogP contribution in [0.5, 0.6) is 0 Å². The Morgan fingerprint density at radius 3 is 2.76 bits per heavy atom. The molecule has 0 spiro atoms. The summed E-state index contributed by atoms with van der Waals surface area (Å²) in [4.78, 5) is 2.31. The Hall–Kier alpha value is -1.19. The topological polar surface area (TPSA) is 26.0 Å². The second-order valence-corrected chi connectivity index (χ2v) is 5.69. The summed E-state index contributed by atoms with van der Waals surface area (Å²) in [6.07, 6.45) is 2.49. The van der Waals surface area contributed by atoms with Crippen LogP contribution in [-0.2, 0) is 0 Å². The first-order chi connectivity index (χ1) is 8.24. The molecule has 3 heteroatoms. The van der Waals surface area contributed by atoms with E-state index in [4.69, 9.17) is 5.73 Å². The van der Waals surface area contributed by atoms with Gasteiger partial charge in [-0.2, -0.15) is 0 Å². The van der Waals surface area contributed by atoms with Gasteiger partial charge in [0.1, 0.15) is 5.82 Å². The molecule has 3 rings (SSSR count). The van der Waals surface area contributed by atoms with Crippen LogP contribution < -0.4 is 5.73 Å². The Labute approximate surface area is 104 Å². The lowest BCUT2D eigenvalue weighted by molar-refractivity contribution is 0.628. The van der Waals surface area contributed by atoms with Crippen molar-refractivity contribution in [3.8, 4) is 10.4 Å². The molecule has 1 aromatic carbocycles. The van der Waals surface area contributed by atoms with Gasteiger partial charge in [0.15, 0.2) is 0 Å². The molecule has 0 bridgehead atoms. The van der Waals surface area contributed by atoms with Gasteiger partial charge in [-0.3, -0.25) is 0 Å². The zero-order chi connectivity index (χ0) is 11.8. The predicted octanol–water partition coefficient (Wildman–Crippen LogP) is 3.96. The summed E-state index contributed by atoms with van der Waals surface area (Å²) in [5.74, 6) is 0.470. The summed E-state index contributed by atoms with van der Waals surface area (Å²) < 4.78 is 13.1. The van der Waals surface area contributed by atoms with Crippen molar-refractivity contribution in [1.29, 1.82) is 0 Å². The van der Waals surface area contributed by atoms with E-state index in [2.05, 4.69) is 6.07 Å². The van der Waals surface area contributed by atoms with E-state index in [1.54, 1.807) is 23.5 Å². The van der Waals surface area contributed by atoms with Gasteiger partial charge in [0.25, 0.3) is 0 Å². The zero-order valence-corrected chi connectivity index (χ0v) is 10.2. The number of halogens is 1. The minimum Gasteiger partial charge on any atom is -0.323 e. The summed E-state index contributed by atoms with van der Waals surface area (Å²) in [7, 11) is 0. The van der Waals surface area contributed by atoms with E-state index in [1.807, 2.05) is 12.1 Å². The Bertz CT molecular complexity index is 531. The third-order valence-corrected chi connectivity index (χ3v) is 4.43. The van der Waals surface area contributed by atoms with Crippen molar-refractivity contribution < 1.29 is 4.39 Å². The van der Waals surface area contributed by atoms with E-state index in [1.165, 1.54) is 23.8 Å². The number of rotatable bonds is 3. The third kappa shape index (κ3) is 2.26. The highest BCUT2D eigenvalue weighted by Gasteiger charge is 2.30. The van der Waals surface area contributed by atoms with Crippen molar-refractivity contribution in [2.24, 2.45) is 11.7 Å². The highest BCUT2D eigenvalue weighted by Crippen LogP contribution is 2.42. The van der Waals surface area contributed by atoms with Crippen LogP contribution in [0, 0.1) is 11.7 Å². The van der Waals surface area contributed by atoms with Crippen molar-refractivity contribution >= 4 is 11.3 Å². The second-order valence-electron chi connectivity index (χ2n) is 4.58. The lowest BCUT2D eigenvalue weighted by atomic mass is 10.1. The fraction of sp³-hybridized carbons (Fsp3) is 0.286. The van der Waals surface area contributed by atoms with Crippen LogP contribution in [0.15, 0.2) is 36.4 Å². The summed E-state index contributed by atoms with van der Waals surface area (Å²) in [6, 6.07) is 11.0.